The van der Waals surface area contributed by atoms with Crippen molar-refractivity contribution in [3.05, 3.63) is 35.9 Å². The molecule has 0 bridgehead atoms. The summed E-state index contributed by atoms with van der Waals surface area (Å²) in [6, 6.07) is 9.01. The minimum absolute atomic E-state index is 0.499. The summed E-state index contributed by atoms with van der Waals surface area (Å²) in [7, 11) is -4.03. The van der Waals surface area contributed by atoms with Crippen LogP contribution in [0.4, 0.5) is 0 Å². The third-order valence-electron chi connectivity index (χ3n) is 4.10. The Morgan fingerprint density at radius 2 is 1.36 bits per heavy atom. The standard InChI is InChI=1S/C18H30O3S/c1-2-3-4-5-6-7-8-9-13-16-18(22(19,20)21)17-14-11-10-12-15-17/h10-12,14-15,18H,2-9,13,16H2,1H3,(H,19,20,21). The maximum absolute atomic E-state index is 11.6. The molecular formula is C18H30O3S. The van der Waals surface area contributed by atoms with Gasteiger partial charge in [0.2, 0.25) is 0 Å². The molecular weight excluding hydrogens is 296 g/mol. The van der Waals surface area contributed by atoms with Crippen LogP contribution in [0.25, 0.3) is 0 Å². The Morgan fingerprint density at radius 3 is 1.86 bits per heavy atom. The second-order valence-corrected chi connectivity index (χ2v) is 7.63. The van der Waals surface area contributed by atoms with E-state index >= 15 is 0 Å². The zero-order valence-electron chi connectivity index (χ0n) is 13.7. The van der Waals surface area contributed by atoms with Crippen molar-refractivity contribution in [2.45, 2.75) is 76.4 Å². The van der Waals surface area contributed by atoms with E-state index in [1.165, 1.54) is 38.5 Å². The molecule has 1 aromatic rings. The SMILES string of the molecule is CCCCCCCCCCCC(c1ccccc1)S(=O)(=O)O. The first kappa shape index (κ1) is 19.2. The smallest absolute Gasteiger partial charge is 0.271 e. The fourth-order valence-electron chi connectivity index (χ4n) is 2.80. The van der Waals surface area contributed by atoms with E-state index in [1.807, 2.05) is 18.2 Å². The Bertz CT molecular complexity index is 482. The molecule has 0 spiro atoms. The number of hydrogen-bond donors (Lipinski definition) is 1. The highest BCUT2D eigenvalue weighted by molar-refractivity contribution is 7.86. The summed E-state index contributed by atoms with van der Waals surface area (Å²) in [4.78, 5) is 0. The summed E-state index contributed by atoms with van der Waals surface area (Å²) in [5, 5.41) is -0.779. The largest absolute Gasteiger partial charge is 0.285 e. The lowest BCUT2D eigenvalue weighted by atomic mass is 10.0. The molecule has 1 unspecified atom stereocenters. The molecule has 4 heteroatoms. The third-order valence-corrected chi connectivity index (χ3v) is 5.33. The van der Waals surface area contributed by atoms with Gasteiger partial charge < -0.3 is 0 Å². The zero-order chi connectivity index (χ0) is 16.3. The van der Waals surface area contributed by atoms with Crippen molar-refractivity contribution in [2.75, 3.05) is 0 Å². The third kappa shape index (κ3) is 7.95. The maximum Gasteiger partial charge on any atom is 0.271 e. The summed E-state index contributed by atoms with van der Waals surface area (Å²) in [5.74, 6) is 0. The lowest BCUT2D eigenvalue weighted by Crippen LogP contribution is -2.12. The number of rotatable bonds is 12. The molecule has 0 aliphatic carbocycles. The molecule has 22 heavy (non-hydrogen) atoms. The molecule has 0 amide bonds. The number of unbranched alkanes of at least 4 members (excludes halogenated alkanes) is 8. The molecule has 0 saturated carbocycles. The van der Waals surface area contributed by atoms with Gasteiger partial charge in [-0.25, -0.2) is 0 Å². The molecule has 0 saturated heterocycles. The predicted molar refractivity (Wildman–Crippen MR) is 92.6 cm³/mol. The molecule has 1 aromatic carbocycles. The molecule has 126 valence electrons. The van der Waals surface area contributed by atoms with Gasteiger partial charge in [0.1, 0.15) is 5.25 Å². The van der Waals surface area contributed by atoms with Crippen molar-refractivity contribution in [1.82, 2.24) is 0 Å². The number of benzene rings is 1. The molecule has 3 nitrogen and oxygen atoms in total. The van der Waals surface area contributed by atoms with E-state index in [1.54, 1.807) is 12.1 Å². The Hall–Kier alpha value is -0.870. The molecule has 0 aromatic heterocycles. The topological polar surface area (TPSA) is 54.4 Å². The van der Waals surface area contributed by atoms with Crippen LogP contribution in [-0.4, -0.2) is 13.0 Å². The van der Waals surface area contributed by atoms with Gasteiger partial charge >= 0.3 is 0 Å². The maximum atomic E-state index is 11.6. The normalized spacial score (nSPS) is 13.2. The molecule has 0 aliphatic heterocycles. The molecule has 1 atom stereocenters. The average Bonchev–Trinajstić information content (AvgIpc) is 2.49. The lowest BCUT2D eigenvalue weighted by Gasteiger charge is -2.14. The highest BCUT2D eigenvalue weighted by Crippen LogP contribution is 2.27. The summed E-state index contributed by atoms with van der Waals surface area (Å²) in [5.41, 5.74) is 0.685. The van der Waals surface area contributed by atoms with Crippen LogP contribution in [0.15, 0.2) is 30.3 Å². The van der Waals surface area contributed by atoms with Crippen LogP contribution in [0.2, 0.25) is 0 Å². The van der Waals surface area contributed by atoms with Crippen LogP contribution in [-0.2, 0) is 10.1 Å². The fraction of sp³-hybridized carbons (Fsp3) is 0.667. The zero-order valence-corrected chi connectivity index (χ0v) is 14.5. The van der Waals surface area contributed by atoms with Gasteiger partial charge in [-0.3, -0.25) is 4.55 Å². The first-order valence-electron chi connectivity index (χ1n) is 8.57. The molecule has 0 heterocycles. The van der Waals surface area contributed by atoms with Gasteiger partial charge in [0, 0.05) is 0 Å². The van der Waals surface area contributed by atoms with Crippen LogP contribution in [0, 0.1) is 0 Å². The van der Waals surface area contributed by atoms with Gasteiger partial charge in [0.05, 0.1) is 0 Å². The minimum Gasteiger partial charge on any atom is -0.285 e. The Morgan fingerprint density at radius 1 is 0.864 bits per heavy atom. The first-order chi connectivity index (χ1) is 10.6. The van der Waals surface area contributed by atoms with Crippen molar-refractivity contribution in [3.8, 4) is 0 Å². The van der Waals surface area contributed by atoms with Crippen molar-refractivity contribution >= 4 is 10.1 Å². The van der Waals surface area contributed by atoms with Gasteiger partial charge in [-0.15, -0.1) is 0 Å². The van der Waals surface area contributed by atoms with E-state index in [9.17, 15) is 13.0 Å². The second-order valence-electron chi connectivity index (χ2n) is 6.03. The van der Waals surface area contributed by atoms with E-state index < -0.39 is 15.4 Å². The van der Waals surface area contributed by atoms with E-state index in [4.69, 9.17) is 0 Å². The summed E-state index contributed by atoms with van der Waals surface area (Å²) in [6.07, 6.45) is 11.3. The molecule has 0 radical (unpaired) electrons. The van der Waals surface area contributed by atoms with Crippen molar-refractivity contribution in [2.24, 2.45) is 0 Å². The monoisotopic (exact) mass is 326 g/mol. The van der Waals surface area contributed by atoms with Gasteiger partial charge in [0.15, 0.2) is 0 Å². The van der Waals surface area contributed by atoms with Crippen LogP contribution >= 0.6 is 0 Å². The Labute approximate surface area is 135 Å². The quantitative estimate of drug-likeness (QED) is 0.405. The lowest BCUT2D eigenvalue weighted by molar-refractivity contribution is 0.458. The Balaban J connectivity index is 2.26. The second kappa shape index (κ2) is 10.8. The number of hydrogen-bond acceptors (Lipinski definition) is 2. The van der Waals surface area contributed by atoms with Crippen LogP contribution < -0.4 is 0 Å². The van der Waals surface area contributed by atoms with Crippen molar-refractivity contribution < 1.29 is 13.0 Å². The summed E-state index contributed by atoms with van der Waals surface area (Å²) in [6.45, 7) is 2.22. The van der Waals surface area contributed by atoms with Crippen LogP contribution in [0.3, 0.4) is 0 Å². The average molecular weight is 327 g/mol. The summed E-state index contributed by atoms with van der Waals surface area (Å²) < 4.78 is 32.5. The Kier molecular flexibility index (Phi) is 9.41. The first-order valence-corrected chi connectivity index (χ1v) is 10.1. The highest BCUT2D eigenvalue weighted by Gasteiger charge is 2.24. The van der Waals surface area contributed by atoms with Crippen LogP contribution in [0.5, 0.6) is 0 Å². The van der Waals surface area contributed by atoms with Gasteiger partial charge in [0.25, 0.3) is 10.1 Å². The van der Waals surface area contributed by atoms with Crippen molar-refractivity contribution in [3.63, 3.8) is 0 Å². The van der Waals surface area contributed by atoms with Gasteiger partial charge in [-0.1, -0.05) is 95.0 Å². The van der Waals surface area contributed by atoms with E-state index in [-0.39, 0.29) is 0 Å². The summed E-state index contributed by atoms with van der Waals surface area (Å²) >= 11 is 0. The van der Waals surface area contributed by atoms with E-state index in [0.717, 1.165) is 19.3 Å². The van der Waals surface area contributed by atoms with E-state index in [2.05, 4.69) is 6.92 Å². The molecule has 1 N–H and O–H groups in total. The minimum atomic E-state index is -4.03. The predicted octanol–water partition coefficient (Wildman–Crippen LogP) is 5.54. The van der Waals surface area contributed by atoms with E-state index in [0.29, 0.717) is 12.0 Å². The fourth-order valence-corrected chi connectivity index (χ4v) is 3.76. The molecule has 0 aliphatic rings. The van der Waals surface area contributed by atoms with Crippen molar-refractivity contribution in [1.29, 1.82) is 0 Å². The highest BCUT2D eigenvalue weighted by atomic mass is 32.2. The molecule has 0 fully saturated rings. The molecule has 1 rings (SSSR count). The van der Waals surface area contributed by atoms with Crippen LogP contribution in [0.1, 0.15) is 81.9 Å². The van der Waals surface area contributed by atoms with Gasteiger partial charge in [-0.05, 0) is 12.0 Å². The van der Waals surface area contributed by atoms with Gasteiger partial charge in [-0.2, -0.15) is 8.42 Å².